The Morgan fingerprint density at radius 3 is 3.11 bits per heavy atom. The maximum Gasteiger partial charge on any atom is 0.244 e. The lowest BCUT2D eigenvalue weighted by molar-refractivity contribution is -0.0658. The highest BCUT2D eigenvalue weighted by Gasteiger charge is 2.41. The van der Waals surface area contributed by atoms with E-state index in [0.717, 1.165) is 19.3 Å². The summed E-state index contributed by atoms with van der Waals surface area (Å²) in [4.78, 5) is 4.41. The Balaban J connectivity index is 2.22. The molecule has 5 nitrogen and oxygen atoms in total. The average Bonchev–Trinajstić information content (AvgIpc) is 2.89. The van der Waals surface area contributed by atoms with Gasteiger partial charge in [-0.05, 0) is 25.2 Å². The number of terminal acetylenes is 1. The maximum atomic E-state index is 5.88. The molecule has 1 saturated carbocycles. The molecule has 0 aliphatic heterocycles. The third-order valence-electron chi connectivity index (χ3n) is 3.85. The van der Waals surface area contributed by atoms with E-state index in [4.69, 9.17) is 21.4 Å². The molecule has 3 unspecified atom stereocenters. The molecule has 1 heterocycles. The smallest absolute Gasteiger partial charge is 0.244 e. The van der Waals surface area contributed by atoms with Crippen LogP contribution < -0.4 is 5.73 Å². The fourth-order valence-electron chi connectivity index (χ4n) is 2.77. The van der Waals surface area contributed by atoms with Crippen molar-refractivity contribution in [1.82, 2.24) is 10.1 Å². The highest BCUT2D eigenvalue weighted by atomic mass is 16.5. The van der Waals surface area contributed by atoms with E-state index in [-0.39, 0.29) is 0 Å². The van der Waals surface area contributed by atoms with Crippen molar-refractivity contribution >= 4 is 0 Å². The first-order valence-corrected chi connectivity index (χ1v) is 6.69. The largest absolute Gasteiger partial charge is 0.370 e. The van der Waals surface area contributed by atoms with Crippen LogP contribution in [0.3, 0.4) is 0 Å². The van der Waals surface area contributed by atoms with Crippen molar-refractivity contribution < 1.29 is 9.26 Å². The summed E-state index contributed by atoms with van der Waals surface area (Å²) in [5.41, 5.74) is 5.45. The normalized spacial score (nSPS) is 28.8. The minimum absolute atomic E-state index is 0.387. The van der Waals surface area contributed by atoms with Crippen LogP contribution in [0.1, 0.15) is 56.8 Å². The summed E-state index contributed by atoms with van der Waals surface area (Å²) >= 11 is 0. The number of nitrogens with two attached hydrogens (primary N) is 1. The second-order valence-electron chi connectivity index (χ2n) is 5.37. The van der Waals surface area contributed by atoms with Gasteiger partial charge >= 0.3 is 0 Å². The third-order valence-corrected chi connectivity index (χ3v) is 3.85. The minimum Gasteiger partial charge on any atom is -0.370 e. The molecule has 1 aliphatic rings. The monoisotopic (exact) mass is 263 g/mol. The first-order valence-electron chi connectivity index (χ1n) is 6.69. The highest BCUT2D eigenvalue weighted by Crippen LogP contribution is 2.41. The molecule has 1 aliphatic carbocycles. The van der Waals surface area contributed by atoms with Gasteiger partial charge in [0.1, 0.15) is 5.60 Å². The molecule has 2 rings (SSSR count). The molecular weight excluding hydrogens is 242 g/mol. The lowest BCUT2D eigenvalue weighted by Gasteiger charge is -2.36. The van der Waals surface area contributed by atoms with E-state index in [1.165, 1.54) is 6.42 Å². The van der Waals surface area contributed by atoms with Crippen LogP contribution in [0.4, 0.5) is 0 Å². The third kappa shape index (κ3) is 2.80. The van der Waals surface area contributed by atoms with E-state index >= 15 is 0 Å². The zero-order valence-corrected chi connectivity index (χ0v) is 11.6. The summed E-state index contributed by atoms with van der Waals surface area (Å²) in [6.45, 7) is 2.22. The van der Waals surface area contributed by atoms with Crippen LogP contribution in [0, 0.1) is 18.3 Å². The van der Waals surface area contributed by atoms with Gasteiger partial charge < -0.3 is 15.0 Å². The van der Waals surface area contributed by atoms with E-state index in [2.05, 4.69) is 23.0 Å². The van der Waals surface area contributed by atoms with Gasteiger partial charge in [0.15, 0.2) is 0 Å². The molecule has 19 heavy (non-hydrogen) atoms. The van der Waals surface area contributed by atoms with Gasteiger partial charge in [-0.25, -0.2) is 0 Å². The first-order chi connectivity index (χ1) is 9.11. The summed E-state index contributed by atoms with van der Waals surface area (Å²) in [5.74, 6) is 4.09. The fraction of sp³-hybridized carbons (Fsp3) is 0.714. The molecule has 0 saturated heterocycles. The van der Waals surface area contributed by atoms with Crippen LogP contribution in [0.5, 0.6) is 0 Å². The van der Waals surface area contributed by atoms with Crippen molar-refractivity contribution in [3.8, 4) is 12.3 Å². The summed E-state index contributed by atoms with van der Waals surface area (Å²) in [6, 6.07) is -0.402. The molecule has 1 aromatic heterocycles. The molecular formula is C14H21N3O2. The summed E-state index contributed by atoms with van der Waals surface area (Å²) < 4.78 is 11.0. The first kappa shape index (κ1) is 14.0. The van der Waals surface area contributed by atoms with Crippen LogP contribution in [0.15, 0.2) is 4.52 Å². The van der Waals surface area contributed by atoms with Gasteiger partial charge in [0.25, 0.3) is 0 Å². The van der Waals surface area contributed by atoms with Crippen LogP contribution in [-0.2, 0) is 10.3 Å². The van der Waals surface area contributed by atoms with Crippen LogP contribution >= 0.6 is 0 Å². The number of aromatic nitrogens is 2. The molecule has 0 spiro atoms. The Morgan fingerprint density at radius 2 is 2.47 bits per heavy atom. The van der Waals surface area contributed by atoms with E-state index in [9.17, 15) is 0 Å². The molecule has 0 aromatic carbocycles. The Morgan fingerprint density at radius 1 is 1.68 bits per heavy atom. The molecule has 0 radical (unpaired) electrons. The molecule has 104 valence electrons. The van der Waals surface area contributed by atoms with Gasteiger partial charge in [0, 0.05) is 13.5 Å². The number of nitrogens with zero attached hydrogens (tertiary/aromatic N) is 2. The van der Waals surface area contributed by atoms with Crippen molar-refractivity contribution in [1.29, 1.82) is 0 Å². The summed E-state index contributed by atoms with van der Waals surface area (Å²) in [5, 5.41) is 4.06. The highest BCUT2D eigenvalue weighted by molar-refractivity contribution is 5.06. The number of ether oxygens (including phenoxy) is 1. The van der Waals surface area contributed by atoms with Gasteiger partial charge in [-0.3, -0.25) is 0 Å². The average molecular weight is 263 g/mol. The van der Waals surface area contributed by atoms with Crippen molar-refractivity contribution in [2.24, 2.45) is 11.7 Å². The molecule has 3 atom stereocenters. The van der Waals surface area contributed by atoms with Crippen LogP contribution in [-0.4, -0.2) is 17.3 Å². The van der Waals surface area contributed by atoms with Crippen molar-refractivity contribution in [3.05, 3.63) is 11.7 Å². The molecule has 2 N–H and O–H groups in total. The van der Waals surface area contributed by atoms with E-state index in [0.29, 0.717) is 24.1 Å². The van der Waals surface area contributed by atoms with E-state index in [1.807, 2.05) is 0 Å². The number of hydrogen-bond donors (Lipinski definition) is 1. The predicted molar refractivity (Wildman–Crippen MR) is 71.0 cm³/mol. The quantitative estimate of drug-likeness (QED) is 0.842. The second kappa shape index (κ2) is 5.72. The van der Waals surface area contributed by atoms with Gasteiger partial charge in [-0.2, -0.15) is 4.98 Å². The minimum atomic E-state index is -0.435. The molecule has 0 bridgehead atoms. The lowest BCUT2D eigenvalue weighted by Crippen LogP contribution is -2.35. The number of hydrogen-bond acceptors (Lipinski definition) is 5. The van der Waals surface area contributed by atoms with Gasteiger partial charge in [0.2, 0.25) is 11.7 Å². The number of rotatable bonds is 4. The predicted octanol–water partition coefficient (Wildman–Crippen LogP) is 2.14. The lowest BCUT2D eigenvalue weighted by atomic mass is 9.78. The molecule has 5 heteroatoms. The summed E-state index contributed by atoms with van der Waals surface area (Å²) in [7, 11) is 1.70. The standard InChI is InChI=1S/C14H21N3O2/c1-4-6-11(15)12-16-13(17-19-12)14(18-3)8-5-7-10(2)9-14/h1,10-11H,5-9,15H2,2-3H3. The number of methoxy groups -OCH3 is 1. The Kier molecular flexibility index (Phi) is 4.23. The topological polar surface area (TPSA) is 74.2 Å². The van der Waals surface area contributed by atoms with Crippen molar-refractivity contribution in [2.45, 2.75) is 50.7 Å². The molecule has 1 aromatic rings. The van der Waals surface area contributed by atoms with E-state index in [1.54, 1.807) is 7.11 Å². The Bertz CT molecular complexity index is 466. The van der Waals surface area contributed by atoms with Crippen LogP contribution in [0.25, 0.3) is 0 Å². The zero-order chi connectivity index (χ0) is 13.9. The zero-order valence-electron chi connectivity index (χ0n) is 11.6. The molecule has 1 fully saturated rings. The molecule has 0 amide bonds. The van der Waals surface area contributed by atoms with Gasteiger partial charge in [0.05, 0.1) is 6.04 Å². The Hall–Kier alpha value is -1.38. The SMILES string of the molecule is C#CCC(N)c1nc(C2(OC)CCCC(C)C2)no1. The van der Waals surface area contributed by atoms with Crippen molar-refractivity contribution in [2.75, 3.05) is 7.11 Å². The maximum absolute atomic E-state index is 5.88. The van der Waals surface area contributed by atoms with Crippen LogP contribution in [0.2, 0.25) is 0 Å². The fourth-order valence-corrected chi connectivity index (χ4v) is 2.77. The van der Waals surface area contributed by atoms with E-state index < -0.39 is 11.6 Å². The Labute approximate surface area is 113 Å². The second-order valence-corrected chi connectivity index (χ2v) is 5.37. The van der Waals surface area contributed by atoms with Crippen molar-refractivity contribution in [3.63, 3.8) is 0 Å². The summed E-state index contributed by atoms with van der Waals surface area (Å²) in [6.07, 6.45) is 9.77. The van der Waals surface area contributed by atoms with Gasteiger partial charge in [-0.15, -0.1) is 12.3 Å². The van der Waals surface area contributed by atoms with Gasteiger partial charge in [-0.1, -0.05) is 18.5 Å².